The number of sulfonamides is 1. The molecule has 2 aliphatic heterocycles. The molecule has 10 nitrogen and oxygen atoms in total. The molecule has 2 aromatic carbocycles. The summed E-state index contributed by atoms with van der Waals surface area (Å²) in [7, 11) is -3.81. The fourth-order valence-electron chi connectivity index (χ4n) is 4.10. The molecule has 0 bridgehead atoms. The van der Waals surface area contributed by atoms with Gasteiger partial charge in [-0.3, -0.25) is 15.0 Å². The van der Waals surface area contributed by atoms with Crippen LogP contribution in [0.15, 0.2) is 47.4 Å². The fourth-order valence-corrected chi connectivity index (χ4v) is 5.53. The number of nitro benzene ring substituents is 1. The summed E-state index contributed by atoms with van der Waals surface area (Å²) in [4.78, 5) is 15.4. The summed E-state index contributed by atoms with van der Waals surface area (Å²) in [5.74, 6) is 0. The lowest BCUT2D eigenvalue weighted by Crippen LogP contribution is -2.46. The second-order valence-electron chi connectivity index (χ2n) is 8.00. The second kappa shape index (κ2) is 9.84. The molecule has 2 aromatic rings. The zero-order valence-corrected chi connectivity index (χ0v) is 18.9. The molecule has 0 spiro atoms. The Morgan fingerprint density at radius 3 is 2.27 bits per heavy atom. The molecule has 2 aliphatic rings. The van der Waals surface area contributed by atoms with Crippen LogP contribution in [-0.2, 0) is 21.3 Å². The van der Waals surface area contributed by atoms with E-state index in [-0.39, 0.29) is 23.7 Å². The Kier molecular flexibility index (Phi) is 6.90. The Bertz CT molecular complexity index is 1150. The van der Waals surface area contributed by atoms with E-state index in [4.69, 9.17) is 10.00 Å². The lowest BCUT2D eigenvalue weighted by Gasteiger charge is -2.36. The van der Waals surface area contributed by atoms with Crippen LogP contribution in [0.2, 0.25) is 0 Å². The van der Waals surface area contributed by atoms with Gasteiger partial charge < -0.3 is 9.64 Å². The van der Waals surface area contributed by atoms with Crippen molar-refractivity contribution in [2.24, 2.45) is 0 Å². The minimum atomic E-state index is -3.81. The maximum atomic E-state index is 12.9. The zero-order valence-electron chi connectivity index (χ0n) is 18.1. The van der Waals surface area contributed by atoms with Crippen LogP contribution in [0.1, 0.15) is 11.1 Å². The molecule has 0 amide bonds. The molecule has 2 saturated heterocycles. The van der Waals surface area contributed by atoms with E-state index in [1.165, 1.54) is 16.4 Å². The van der Waals surface area contributed by atoms with Crippen LogP contribution in [0.25, 0.3) is 0 Å². The first-order valence-corrected chi connectivity index (χ1v) is 12.1. The standard InChI is InChI=1S/C22H25N5O5S/c23-16-18-1-3-19(4-2-18)17-24-7-9-25(10-8-24)21-6-5-20(15-22(21)27(28)29)33(30,31)26-11-13-32-14-12-26/h1-6,15H,7-14,17H2. The molecule has 0 radical (unpaired) electrons. The van der Waals surface area contributed by atoms with Crippen molar-refractivity contribution >= 4 is 21.4 Å². The largest absolute Gasteiger partial charge is 0.379 e. The van der Waals surface area contributed by atoms with Crippen LogP contribution < -0.4 is 4.90 Å². The number of ether oxygens (including phenoxy) is 1. The predicted molar refractivity (Wildman–Crippen MR) is 121 cm³/mol. The van der Waals surface area contributed by atoms with Crippen LogP contribution in [-0.4, -0.2) is 75.0 Å². The van der Waals surface area contributed by atoms with E-state index in [2.05, 4.69) is 11.0 Å². The number of rotatable bonds is 6. The van der Waals surface area contributed by atoms with Gasteiger partial charge in [0.05, 0.1) is 34.7 Å². The molecular weight excluding hydrogens is 446 g/mol. The van der Waals surface area contributed by atoms with Crippen molar-refractivity contribution in [1.29, 1.82) is 5.26 Å². The number of benzene rings is 2. The third-order valence-corrected chi connectivity index (χ3v) is 7.85. The van der Waals surface area contributed by atoms with Gasteiger partial charge in [-0.05, 0) is 29.8 Å². The van der Waals surface area contributed by atoms with Crippen LogP contribution in [0.4, 0.5) is 11.4 Å². The van der Waals surface area contributed by atoms with Crippen molar-refractivity contribution in [2.75, 3.05) is 57.4 Å². The molecule has 0 N–H and O–H groups in total. The number of nitriles is 1. The number of piperazine rings is 1. The monoisotopic (exact) mass is 471 g/mol. The summed E-state index contributed by atoms with van der Waals surface area (Å²) >= 11 is 0. The number of anilines is 1. The van der Waals surface area contributed by atoms with Crippen molar-refractivity contribution in [3.63, 3.8) is 0 Å². The van der Waals surface area contributed by atoms with Crippen LogP contribution in [0.3, 0.4) is 0 Å². The van der Waals surface area contributed by atoms with Gasteiger partial charge in [-0.2, -0.15) is 9.57 Å². The summed E-state index contributed by atoms with van der Waals surface area (Å²) in [5, 5.41) is 20.7. The van der Waals surface area contributed by atoms with Crippen LogP contribution >= 0.6 is 0 Å². The minimum absolute atomic E-state index is 0.0701. The van der Waals surface area contributed by atoms with Crippen molar-refractivity contribution in [1.82, 2.24) is 9.21 Å². The van der Waals surface area contributed by atoms with E-state index >= 15 is 0 Å². The molecule has 0 atom stereocenters. The summed E-state index contributed by atoms with van der Waals surface area (Å²) in [6.45, 7) is 4.43. The number of hydrogen-bond donors (Lipinski definition) is 0. The van der Waals surface area contributed by atoms with E-state index in [1.807, 2.05) is 17.0 Å². The van der Waals surface area contributed by atoms with Gasteiger partial charge in [-0.15, -0.1) is 0 Å². The van der Waals surface area contributed by atoms with Gasteiger partial charge in [0.2, 0.25) is 10.0 Å². The second-order valence-corrected chi connectivity index (χ2v) is 9.93. The minimum Gasteiger partial charge on any atom is -0.379 e. The van der Waals surface area contributed by atoms with Gasteiger partial charge in [-0.25, -0.2) is 8.42 Å². The van der Waals surface area contributed by atoms with E-state index in [1.54, 1.807) is 18.2 Å². The Labute approximate surface area is 192 Å². The van der Waals surface area contributed by atoms with Gasteiger partial charge in [0.15, 0.2) is 0 Å². The van der Waals surface area contributed by atoms with Crippen LogP contribution in [0.5, 0.6) is 0 Å². The normalized spacial score (nSPS) is 18.1. The average Bonchev–Trinajstić information content (AvgIpc) is 2.85. The van der Waals surface area contributed by atoms with Gasteiger partial charge in [0.1, 0.15) is 5.69 Å². The molecule has 0 saturated carbocycles. The summed E-state index contributed by atoms with van der Waals surface area (Å²) in [6, 6.07) is 13.7. The molecule has 11 heteroatoms. The molecule has 0 aliphatic carbocycles. The SMILES string of the molecule is N#Cc1ccc(CN2CCN(c3ccc(S(=O)(=O)N4CCOCC4)cc3[N+](=O)[O-])CC2)cc1. The summed E-state index contributed by atoms with van der Waals surface area (Å²) in [6.07, 6.45) is 0. The molecule has 2 heterocycles. The lowest BCUT2D eigenvalue weighted by molar-refractivity contribution is -0.384. The fraction of sp³-hybridized carbons (Fsp3) is 0.409. The van der Waals surface area contributed by atoms with Crippen molar-refractivity contribution < 1.29 is 18.1 Å². The van der Waals surface area contributed by atoms with Gasteiger partial charge >= 0.3 is 0 Å². The van der Waals surface area contributed by atoms with Crippen LogP contribution in [0, 0.1) is 21.4 Å². The quantitative estimate of drug-likeness (QED) is 0.462. The molecule has 2 fully saturated rings. The average molecular weight is 472 g/mol. The first-order chi connectivity index (χ1) is 15.9. The highest BCUT2D eigenvalue weighted by Gasteiger charge is 2.30. The molecule has 0 unspecified atom stereocenters. The number of morpholine rings is 1. The lowest BCUT2D eigenvalue weighted by atomic mass is 10.1. The highest BCUT2D eigenvalue weighted by molar-refractivity contribution is 7.89. The predicted octanol–water partition coefficient (Wildman–Crippen LogP) is 1.81. The number of hydrogen-bond acceptors (Lipinski definition) is 8. The maximum Gasteiger partial charge on any atom is 0.293 e. The third-order valence-electron chi connectivity index (χ3n) is 5.95. The topological polar surface area (TPSA) is 120 Å². The van der Waals surface area contributed by atoms with Crippen molar-refractivity contribution in [3.05, 3.63) is 63.7 Å². The smallest absolute Gasteiger partial charge is 0.293 e. The first-order valence-electron chi connectivity index (χ1n) is 10.7. The molecule has 174 valence electrons. The highest BCUT2D eigenvalue weighted by atomic mass is 32.2. The molecular formula is C22H25N5O5S. The Morgan fingerprint density at radius 2 is 1.67 bits per heavy atom. The Hall–Kier alpha value is -3.04. The Balaban J connectivity index is 1.46. The van der Waals surface area contributed by atoms with E-state index in [9.17, 15) is 18.5 Å². The molecule has 33 heavy (non-hydrogen) atoms. The van der Waals surface area contributed by atoms with Gasteiger partial charge in [-0.1, -0.05) is 12.1 Å². The Morgan fingerprint density at radius 1 is 1.00 bits per heavy atom. The molecule has 4 rings (SSSR count). The summed E-state index contributed by atoms with van der Waals surface area (Å²) < 4.78 is 32.3. The maximum absolute atomic E-state index is 12.9. The van der Waals surface area contributed by atoms with E-state index < -0.39 is 14.9 Å². The number of nitro groups is 1. The van der Waals surface area contributed by atoms with E-state index in [0.29, 0.717) is 50.6 Å². The third kappa shape index (κ3) is 5.15. The highest BCUT2D eigenvalue weighted by Crippen LogP contribution is 2.32. The zero-order chi connectivity index (χ0) is 23.4. The van der Waals surface area contributed by atoms with Crippen molar-refractivity contribution in [3.8, 4) is 6.07 Å². The van der Waals surface area contributed by atoms with Crippen molar-refractivity contribution in [2.45, 2.75) is 11.4 Å². The van der Waals surface area contributed by atoms with E-state index in [0.717, 1.165) is 12.1 Å². The number of nitrogens with zero attached hydrogens (tertiary/aromatic N) is 5. The van der Waals surface area contributed by atoms with Gasteiger partial charge in [0, 0.05) is 51.9 Å². The van der Waals surface area contributed by atoms with Gasteiger partial charge in [0.25, 0.3) is 5.69 Å². The summed E-state index contributed by atoms with van der Waals surface area (Å²) in [5.41, 5.74) is 1.95. The first kappa shape index (κ1) is 23.1. The molecule has 0 aromatic heterocycles.